The Hall–Kier alpha value is -2.69. The normalized spacial score (nSPS) is 15.3. The molecule has 7 nitrogen and oxygen atoms in total. The molecule has 0 saturated carbocycles. The summed E-state index contributed by atoms with van der Waals surface area (Å²) in [6.07, 6.45) is 0.318. The fraction of sp³-hybridized carbons (Fsp3) is 0.381. The standard InChI is InChI=1S/C21H22ClF3N4O3/c22-17-9-13(1-3-16(31)12-30)10-27-19(17)14-5-7-29(8-6-14)20(32)28-18-4-2-15(11-26-18)21(23,24)25/h2,4-5,9-11,16,30-31H,1,3,6-8,12H2,(H,26,28,32). The van der Waals surface area contributed by atoms with E-state index in [0.717, 1.165) is 23.3 Å². The van der Waals surface area contributed by atoms with E-state index in [1.165, 1.54) is 4.90 Å². The molecule has 0 saturated heterocycles. The molecule has 172 valence electrons. The number of aryl methyl sites for hydroxylation is 1. The molecule has 3 rings (SSSR count). The first-order valence-corrected chi connectivity index (χ1v) is 10.3. The van der Waals surface area contributed by atoms with Gasteiger partial charge in [-0.05, 0) is 48.6 Å². The quantitative estimate of drug-likeness (QED) is 0.597. The van der Waals surface area contributed by atoms with E-state index in [4.69, 9.17) is 16.7 Å². The average Bonchev–Trinajstić information content (AvgIpc) is 2.77. The van der Waals surface area contributed by atoms with Crippen LogP contribution in [-0.2, 0) is 12.6 Å². The minimum Gasteiger partial charge on any atom is -0.394 e. The second-order valence-corrected chi connectivity index (χ2v) is 7.74. The number of amides is 2. The van der Waals surface area contributed by atoms with Crippen LogP contribution in [0, 0.1) is 0 Å². The van der Waals surface area contributed by atoms with Crippen LogP contribution in [0.1, 0.15) is 29.7 Å². The van der Waals surface area contributed by atoms with Crippen molar-refractivity contribution in [1.29, 1.82) is 0 Å². The van der Waals surface area contributed by atoms with Gasteiger partial charge in [-0.2, -0.15) is 13.2 Å². The number of alkyl halides is 3. The Morgan fingerprint density at radius 2 is 2.06 bits per heavy atom. The van der Waals surface area contributed by atoms with Crippen LogP contribution in [0.2, 0.25) is 5.02 Å². The summed E-state index contributed by atoms with van der Waals surface area (Å²) in [7, 11) is 0. The number of carbonyl (C=O) groups is 1. The van der Waals surface area contributed by atoms with Gasteiger partial charge in [0.25, 0.3) is 0 Å². The van der Waals surface area contributed by atoms with Gasteiger partial charge in [-0.3, -0.25) is 10.3 Å². The molecule has 1 aliphatic rings. The van der Waals surface area contributed by atoms with Crippen LogP contribution in [0.5, 0.6) is 0 Å². The third-order valence-corrected chi connectivity index (χ3v) is 5.29. The SMILES string of the molecule is O=C(Nc1ccc(C(F)(F)F)cn1)N1CC=C(c2ncc(CCC(O)CO)cc2Cl)CC1. The predicted molar refractivity (Wildman–Crippen MR) is 113 cm³/mol. The summed E-state index contributed by atoms with van der Waals surface area (Å²) in [5, 5.41) is 21.3. The maximum absolute atomic E-state index is 12.6. The Morgan fingerprint density at radius 1 is 1.28 bits per heavy atom. The summed E-state index contributed by atoms with van der Waals surface area (Å²) >= 11 is 6.37. The number of urea groups is 1. The van der Waals surface area contributed by atoms with Crippen molar-refractivity contribution in [3.8, 4) is 0 Å². The number of rotatable bonds is 6. The molecule has 0 bridgehead atoms. The first-order valence-electron chi connectivity index (χ1n) is 9.89. The average molecular weight is 471 g/mol. The van der Waals surface area contributed by atoms with Crippen molar-refractivity contribution in [3.63, 3.8) is 0 Å². The molecular weight excluding hydrogens is 449 g/mol. The van der Waals surface area contributed by atoms with Gasteiger partial charge in [0.15, 0.2) is 0 Å². The number of aromatic nitrogens is 2. The summed E-state index contributed by atoms with van der Waals surface area (Å²) in [6.45, 7) is 0.357. The Kier molecular flexibility index (Phi) is 7.70. The number of aliphatic hydroxyl groups is 2. The number of hydrogen-bond acceptors (Lipinski definition) is 5. The molecule has 0 fully saturated rings. The number of hydrogen-bond donors (Lipinski definition) is 3. The van der Waals surface area contributed by atoms with Gasteiger partial charge in [0, 0.05) is 25.5 Å². The fourth-order valence-corrected chi connectivity index (χ4v) is 3.48. The molecular formula is C21H22ClF3N4O3. The third kappa shape index (κ3) is 6.18. The maximum Gasteiger partial charge on any atom is 0.417 e. The summed E-state index contributed by atoms with van der Waals surface area (Å²) in [6, 6.07) is 3.27. The van der Waals surface area contributed by atoms with Crippen molar-refractivity contribution >= 4 is 29.0 Å². The lowest BCUT2D eigenvalue weighted by atomic mass is 10.0. The van der Waals surface area contributed by atoms with Crippen LogP contribution < -0.4 is 5.32 Å². The fourth-order valence-electron chi connectivity index (χ4n) is 3.17. The van der Waals surface area contributed by atoms with Crippen molar-refractivity contribution in [1.82, 2.24) is 14.9 Å². The van der Waals surface area contributed by atoms with Crippen molar-refractivity contribution in [2.24, 2.45) is 0 Å². The van der Waals surface area contributed by atoms with E-state index < -0.39 is 23.9 Å². The van der Waals surface area contributed by atoms with Gasteiger partial charge < -0.3 is 15.1 Å². The van der Waals surface area contributed by atoms with Crippen molar-refractivity contribution in [3.05, 3.63) is 58.5 Å². The smallest absolute Gasteiger partial charge is 0.394 e. The van der Waals surface area contributed by atoms with Gasteiger partial charge in [0.05, 0.1) is 29.0 Å². The van der Waals surface area contributed by atoms with Crippen LogP contribution in [0.15, 0.2) is 36.7 Å². The molecule has 11 heteroatoms. The molecule has 1 atom stereocenters. The van der Waals surface area contributed by atoms with Crippen molar-refractivity contribution in [2.45, 2.75) is 31.5 Å². The first kappa shape index (κ1) is 24.0. The summed E-state index contributed by atoms with van der Waals surface area (Å²) < 4.78 is 37.8. The minimum atomic E-state index is -4.49. The Balaban J connectivity index is 1.58. The molecule has 2 amide bonds. The third-order valence-electron chi connectivity index (χ3n) is 5.00. The van der Waals surface area contributed by atoms with Crippen LogP contribution in [0.4, 0.5) is 23.8 Å². The zero-order valence-corrected chi connectivity index (χ0v) is 17.7. The molecule has 3 heterocycles. The molecule has 32 heavy (non-hydrogen) atoms. The Bertz CT molecular complexity index is 983. The first-order chi connectivity index (χ1) is 15.2. The molecule has 0 radical (unpaired) electrons. The van der Waals surface area contributed by atoms with Gasteiger partial charge in [-0.15, -0.1) is 0 Å². The molecule has 0 spiro atoms. The van der Waals surface area contributed by atoms with Crippen LogP contribution >= 0.6 is 11.6 Å². The van der Waals surface area contributed by atoms with Gasteiger partial charge in [0.1, 0.15) is 5.82 Å². The van der Waals surface area contributed by atoms with E-state index in [9.17, 15) is 23.1 Å². The highest BCUT2D eigenvalue weighted by Crippen LogP contribution is 2.30. The van der Waals surface area contributed by atoms with Gasteiger partial charge in [-0.25, -0.2) is 9.78 Å². The zero-order valence-electron chi connectivity index (χ0n) is 16.9. The Labute approximate surface area is 187 Å². The van der Waals surface area contributed by atoms with Crippen molar-refractivity contribution in [2.75, 3.05) is 25.0 Å². The lowest BCUT2D eigenvalue weighted by Crippen LogP contribution is -2.38. The molecule has 2 aromatic rings. The summed E-state index contributed by atoms with van der Waals surface area (Å²) in [5.74, 6) is 0.0318. The summed E-state index contributed by atoms with van der Waals surface area (Å²) in [5.41, 5.74) is 1.45. The lowest BCUT2D eigenvalue weighted by molar-refractivity contribution is -0.137. The number of carbonyl (C=O) groups excluding carboxylic acids is 1. The number of aliphatic hydroxyl groups excluding tert-OH is 2. The van der Waals surface area contributed by atoms with Crippen molar-refractivity contribution < 1.29 is 28.2 Å². The number of nitrogens with one attached hydrogen (secondary N) is 1. The molecule has 0 aliphatic carbocycles. The second-order valence-electron chi connectivity index (χ2n) is 7.33. The number of nitrogens with zero attached hydrogens (tertiary/aromatic N) is 3. The van der Waals surface area contributed by atoms with E-state index in [1.54, 1.807) is 12.3 Å². The molecule has 2 aromatic heterocycles. The van der Waals surface area contributed by atoms with Crippen LogP contribution in [-0.4, -0.2) is 56.9 Å². The van der Waals surface area contributed by atoms with E-state index in [-0.39, 0.29) is 19.0 Å². The van der Waals surface area contributed by atoms with Gasteiger partial charge in [-0.1, -0.05) is 17.7 Å². The lowest BCUT2D eigenvalue weighted by Gasteiger charge is -2.26. The highest BCUT2D eigenvalue weighted by molar-refractivity contribution is 6.32. The van der Waals surface area contributed by atoms with E-state index in [2.05, 4.69) is 15.3 Å². The second kappa shape index (κ2) is 10.3. The van der Waals surface area contributed by atoms with E-state index in [0.29, 0.717) is 42.7 Å². The van der Waals surface area contributed by atoms with Crippen LogP contribution in [0.25, 0.3) is 5.57 Å². The zero-order chi connectivity index (χ0) is 23.3. The number of halogens is 4. The maximum atomic E-state index is 12.6. The summed E-state index contributed by atoms with van der Waals surface area (Å²) in [4.78, 5) is 21.9. The van der Waals surface area contributed by atoms with E-state index in [1.807, 2.05) is 6.08 Å². The molecule has 0 aromatic carbocycles. The highest BCUT2D eigenvalue weighted by atomic mass is 35.5. The monoisotopic (exact) mass is 470 g/mol. The molecule has 1 unspecified atom stereocenters. The minimum absolute atomic E-state index is 0.0318. The van der Waals surface area contributed by atoms with Gasteiger partial charge in [0.2, 0.25) is 0 Å². The molecule has 3 N–H and O–H groups in total. The van der Waals surface area contributed by atoms with Crippen LogP contribution in [0.3, 0.4) is 0 Å². The largest absolute Gasteiger partial charge is 0.417 e. The number of anilines is 1. The molecule has 1 aliphatic heterocycles. The van der Waals surface area contributed by atoms with Gasteiger partial charge >= 0.3 is 12.2 Å². The topological polar surface area (TPSA) is 98.6 Å². The highest BCUT2D eigenvalue weighted by Gasteiger charge is 2.30. The van der Waals surface area contributed by atoms with E-state index >= 15 is 0 Å². The Morgan fingerprint density at radius 3 is 2.62 bits per heavy atom. The predicted octanol–water partition coefficient (Wildman–Crippen LogP) is 3.76. The number of pyridine rings is 2.